The first-order valence-corrected chi connectivity index (χ1v) is 9.50. The summed E-state index contributed by atoms with van der Waals surface area (Å²) in [6, 6.07) is 2.72. The SMILES string of the molecule is [2H]c1ccc(C2(CCCCN)CN(C(=O)OC(C)(C)C)CCN2C(=O)C([2H])([2H])[2H])c([2H])c1N. The number of benzene rings is 1. The van der Waals surface area contributed by atoms with Crippen molar-refractivity contribution >= 4 is 17.7 Å². The van der Waals surface area contributed by atoms with Crippen LogP contribution in [0.15, 0.2) is 24.2 Å². The van der Waals surface area contributed by atoms with Gasteiger partial charge >= 0.3 is 6.09 Å². The van der Waals surface area contributed by atoms with Crippen molar-refractivity contribution in [1.29, 1.82) is 0 Å². The Balaban J connectivity index is 2.67. The Hall–Kier alpha value is -2.28. The number of nitrogen functional groups attached to an aromatic ring is 1. The van der Waals surface area contributed by atoms with Crippen LogP contribution in [-0.2, 0) is 15.1 Å². The van der Waals surface area contributed by atoms with Crippen LogP contribution in [0.3, 0.4) is 0 Å². The van der Waals surface area contributed by atoms with Crippen molar-refractivity contribution in [3.05, 3.63) is 29.8 Å². The number of hydrogen-bond acceptors (Lipinski definition) is 5. The second-order valence-corrected chi connectivity index (χ2v) is 8.07. The third-order valence-electron chi connectivity index (χ3n) is 4.76. The number of amides is 2. The number of unbranched alkanes of at least 4 members (excludes halogenated alkanes) is 1. The van der Waals surface area contributed by atoms with E-state index in [1.54, 1.807) is 20.8 Å². The molecule has 7 heteroatoms. The van der Waals surface area contributed by atoms with E-state index in [2.05, 4.69) is 0 Å². The summed E-state index contributed by atoms with van der Waals surface area (Å²) < 4.78 is 45.2. The van der Waals surface area contributed by atoms with E-state index in [0.717, 1.165) is 0 Å². The highest BCUT2D eigenvalue weighted by atomic mass is 16.6. The first kappa shape index (κ1) is 15.6. The van der Waals surface area contributed by atoms with E-state index in [1.165, 1.54) is 21.9 Å². The number of nitrogens with two attached hydrogens (primary N) is 2. The predicted molar refractivity (Wildman–Crippen MR) is 111 cm³/mol. The van der Waals surface area contributed by atoms with Crippen molar-refractivity contribution in [3.63, 3.8) is 0 Å². The Kier molecular flexibility index (Phi) is 4.92. The molecule has 0 bridgehead atoms. The average Bonchev–Trinajstić information content (AvgIpc) is 2.69. The highest BCUT2D eigenvalue weighted by Gasteiger charge is 2.46. The molecular weight excluding hydrogens is 356 g/mol. The topological polar surface area (TPSA) is 102 Å². The molecule has 1 aliphatic rings. The van der Waals surface area contributed by atoms with E-state index in [9.17, 15) is 9.59 Å². The molecule has 156 valence electrons. The van der Waals surface area contributed by atoms with Crippen molar-refractivity contribution in [2.75, 3.05) is 31.9 Å². The minimum atomic E-state index is -2.91. The highest BCUT2D eigenvalue weighted by molar-refractivity contribution is 5.76. The minimum Gasteiger partial charge on any atom is -0.444 e. The van der Waals surface area contributed by atoms with Crippen LogP contribution >= 0.6 is 0 Å². The van der Waals surface area contributed by atoms with Gasteiger partial charge in [0.05, 0.1) is 14.8 Å². The van der Waals surface area contributed by atoms with Crippen molar-refractivity contribution in [1.82, 2.24) is 9.80 Å². The van der Waals surface area contributed by atoms with E-state index in [-0.39, 0.29) is 43.8 Å². The van der Waals surface area contributed by atoms with Crippen LogP contribution < -0.4 is 11.5 Å². The van der Waals surface area contributed by atoms with Gasteiger partial charge in [0, 0.05) is 29.7 Å². The first-order chi connectivity index (χ1) is 15.1. The lowest BCUT2D eigenvalue weighted by atomic mass is 9.80. The summed E-state index contributed by atoms with van der Waals surface area (Å²) in [5, 5.41) is 0. The van der Waals surface area contributed by atoms with Gasteiger partial charge in [-0.15, -0.1) is 0 Å². The molecule has 1 fully saturated rings. The Morgan fingerprint density at radius 3 is 2.75 bits per heavy atom. The molecule has 2 amide bonds. The number of nitrogens with zero attached hydrogens (tertiary/aromatic N) is 2. The molecule has 0 spiro atoms. The normalized spacial score (nSPS) is 23.2. The van der Waals surface area contributed by atoms with Crippen molar-refractivity contribution < 1.29 is 21.2 Å². The molecule has 1 atom stereocenters. The van der Waals surface area contributed by atoms with Gasteiger partial charge < -0.3 is 26.0 Å². The molecule has 1 saturated heterocycles. The van der Waals surface area contributed by atoms with E-state index in [1.807, 2.05) is 0 Å². The fourth-order valence-corrected chi connectivity index (χ4v) is 3.54. The van der Waals surface area contributed by atoms with Gasteiger partial charge in [-0.05, 0) is 64.2 Å². The number of hydrogen-bond donors (Lipinski definition) is 2. The van der Waals surface area contributed by atoms with E-state index >= 15 is 0 Å². The molecule has 0 saturated carbocycles. The van der Waals surface area contributed by atoms with Crippen LogP contribution in [0.1, 0.15) is 59.3 Å². The van der Waals surface area contributed by atoms with Crippen molar-refractivity contribution in [2.24, 2.45) is 5.73 Å². The summed E-state index contributed by atoms with van der Waals surface area (Å²) in [6.45, 7) is 2.65. The third-order valence-corrected chi connectivity index (χ3v) is 4.76. The van der Waals surface area contributed by atoms with Gasteiger partial charge in [0.15, 0.2) is 0 Å². The molecule has 7 nitrogen and oxygen atoms in total. The molecule has 1 unspecified atom stereocenters. The molecule has 0 aliphatic carbocycles. The Bertz CT molecular complexity index is 888. The maximum absolute atomic E-state index is 13.1. The molecule has 1 aromatic carbocycles. The molecule has 0 radical (unpaired) electrons. The zero-order valence-corrected chi connectivity index (χ0v) is 16.9. The van der Waals surface area contributed by atoms with Gasteiger partial charge in [-0.3, -0.25) is 4.79 Å². The van der Waals surface area contributed by atoms with Crippen LogP contribution in [-0.4, -0.2) is 53.6 Å². The Morgan fingerprint density at radius 2 is 2.11 bits per heavy atom. The van der Waals surface area contributed by atoms with Crippen LogP contribution in [0.25, 0.3) is 0 Å². The van der Waals surface area contributed by atoms with Crippen molar-refractivity contribution in [3.8, 4) is 0 Å². The smallest absolute Gasteiger partial charge is 0.410 e. The molecule has 1 heterocycles. The standard InChI is InChI=1S/C21H34N4O3/c1-16(26)25-13-12-24(19(27)28-20(2,3)4)15-21(25,10-5-6-11-22)17-8-7-9-18(23)14-17/h7-9,14H,5-6,10-13,15,22-23H2,1-4H3/i1D3,9D,14D. The maximum atomic E-state index is 13.1. The number of carbonyl (C=O) groups excluding carboxylic acids is 2. The molecule has 1 aromatic rings. The molecule has 28 heavy (non-hydrogen) atoms. The Morgan fingerprint density at radius 1 is 1.36 bits per heavy atom. The minimum absolute atomic E-state index is 0.0469. The van der Waals surface area contributed by atoms with E-state index in [4.69, 9.17) is 23.1 Å². The van der Waals surface area contributed by atoms with Crippen LogP contribution in [0.2, 0.25) is 0 Å². The zero-order valence-electron chi connectivity index (χ0n) is 21.9. The number of ether oxygens (including phenoxy) is 1. The molecule has 1 aliphatic heterocycles. The van der Waals surface area contributed by atoms with Gasteiger partial charge in [-0.2, -0.15) is 0 Å². The van der Waals surface area contributed by atoms with E-state index < -0.39 is 30.0 Å². The summed E-state index contributed by atoms with van der Waals surface area (Å²) in [4.78, 5) is 28.7. The quantitative estimate of drug-likeness (QED) is 0.589. The summed E-state index contributed by atoms with van der Waals surface area (Å²) in [6.07, 6.45) is 0.784. The van der Waals surface area contributed by atoms with Crippen LogP contribution in [0, 0.1) is 0 Å². The fraction of sp³-hybridized carbons (Fsp3) is 0.619. The highest BCUT2D eigenvalue weighted by Crippen LogP contribution is 2.38. The molecule has 0 aromatic heterocycles. The summed E-state index contributed by atoms with van der Waals surface area (Å²) in [7, 11) is 0. The summed E-state index contributed by atoms with van der Waals surface area (Å²) >= 11 is 0. The number of piperazine rings is 1. The zero-order chi connectivity index (χ0) is 25.2. The van der Waals surface area contributed by atoms with Gasteiger partial charge in [-0.25, -0.2) is 4.79 Å². The average molecular weight is 396 g/mol. The largest absolute Gasteiger partial charge is 0.444 e. The predicted octanol–water partition coefficient (Wildman–Crippen LogP) is 2.69. The fourth-order valence-electron chi connectivity index (χ4n) is 3.54. The molecule has 4 N–H and O–H groups in total. The number of rotatable bonds is 5. The van der Waals surface area contributed by atoms with Gasteiger partial charge in [0.25, 0.3) is 0 Å². The summed E-state index contributed by atoms with van der Waals surface area (Å²) in [5.41, 5.74) is 9.77. The van der Waals surface area contributed by atoms with Gasteiger partial charge in [-0.1, -0.05) is 12.1 Å². The molecular formula is C21H34N4O3. The second-order valence-electron chi connectivity index (χ2n) is 8.07. The monoisotopic (exact) mass is 395 g/mol. The van der Waals surface area contributed by atoms with Crippen molar-refractivity contribution in [2.45, 2.75) is 58.0 Å². The van der Waals surface area contributed by atoms with E-state index in [0.29, 0.717) is 24.9 Å². The van der Waals surface area contributed by atoms with Gasteiger partial charge in [0.2, 0.25) is 5.91 Å². The lowest BCUT2D eigenvalue weighted by Crippen LogP contribution is -2.63. The maximum Gasteiger partial charge on any atom is 0.410 e. The number of carbonyl (C=O) groups is 2. The second kappa shape index (κ2) is 8.82. The van der Waals surface area contributed by atoms with Crippen LogP contribution in [0.4, 0.5) is 10.5 Å². The lowest BCUT2D eigenvalue weighted by Gasteiger charge is -2.51. The number of anilines is 1. The Labute approximate surface area is 175 Å². The van der Waals surface area contributed by atoms with Crippen LogP contribution in [0.5, 0.6) is 0 Å². The first-order valence-electron chi connectivity index (χ1n) is 12.0. The third kappa shape index (κ3) is 5.16. The van der Waals surface area contributed by atoms with Gasteiger partial charge in [0.1, 0.15) is 5.60 Å². The lowest BCUT2D eigenvalue weighted by molar-refractivity contribution is -0.141. The molecule has 2 rings (SSSR count). The summed E-state index contributed by atoms with van der Waals surface area (Å²) in [5.74, 6) is -1.06.